The summed E-state index contributed by atoms with van der Waals surface area (Å²) in [6.45, 7) is 0.356. The Labute approximate surface area is 146 Å². The van der Waals surface area contributed by atoms with Gasteiger partial charge in [0.25, 0.3) is 11.4 Å². The van der Waals surface area contributed by atoms with E-state index in [0.29, 0.717) is 23.3 Å². The molecule has 0 aliphatic heterocycles. The number of hydrogen-bond acceptors (Lipinski definition) is 7. The first kappa shape index (κ1) is 16.8. The van der Waals surface area contributed by atoms with Gasteiger partial charge in [0, 0.05) is 36.2 Å². The van der Waals surface area contributed by atoms with E-state index in [1.54, 1.807) is 12.1 Å². The van der Waals surface area contributed by atoms with Gasteiger partial charge in [0.05, 0.1) is 27.0 Å². The lowest BCUT2D eigenvalue weighted by atomic mass is 10.1. The van der Waals surface area contributed by atoms with Crippen LogP contribution in [0.4, 0.5) is 17.2 Å². The fourth-order valence-electron chi connectivity index (χ4n) is 2.44. The molecule has 0 amide bonds. The molecule has 128 valence electrons. The molecule has 9 nitrogen and oxygen atoms in total. The first-order valence-corrected chi connectivity index (χ1v) is 7.44. The van der Waals surface area contributed by atoms with Crippen LogP contribution in [0.5, 0.6) is 0 Å². The average molecular weight is 349 g/mol. The van der Waals surface area contributed by atoms with Gasteiger partial charge in [-0.3, -0.25) is 20.2 Å². The Morgan fingerprint density at radius 2 is 1.65 bits per heavy atom. The van der Waals surface area contributed by atoms with Crippen LogP contribution in [0.3, 0.4) is 0 Å². The van der Waals surface area contributed by atoms with Gasteiger partial charge in [-0.25, -0.2) is 4.98 Å². The third-order valence-corrected chi connectivity index (χ3v) is 3.74. The zero-order chi connectivity index (χ0) is 18.7. The Kier molecular flexibility index (Phi) is 4.40. The minimum absolute atomic E-state index is 0.00550. The van der Waals surface area contributed by atoms with Crippen LogP contribution >= 0.6 is 0 Å². The lowest BCUT2D eigenvalue weighted by Crippen LogP contribution is -2.02. The maximum absolute atomic E-state index is 10.9. The number of nitrogens with zero attached hydrogens (tertiary/aromatic N) is 4. The third kappa shape index (κ3) is 3.39. The summed E-state index contributed by atoms with van der Waals surface area (Å²) in [7, 11) is 0. The van der Waals surface area contributed by atoms with E-state index in [1.165, 1.54) is 36.4 Å². The Morgan fingerprint density at radius 3 is 2.27 bits per heavy atom. The predicted octanol–water partition coefficient (Wildman–Crippen LogP) is 3.53. The zero-order valence-corrected chi connectivity index (χ0v) is 13.2. The van der Waals surface area contributed by atoms with Crippen molar-refractivity contribution < 1.29 is 9.85 Å². The summed E-state index contributed by atoms with van der Waals surface area (Å²) in [4.78, 5) is 24.9. The number of nitro benzene ring substituents is 2. The summed E-state index contributed by atoms with van der Waals surface area (Å²) >= 11 is 0. The highest BCUT2D eigenvalue weighted by Gasteiger charge is 2.12. The minimum Gasteiger partial charge on any atom is -0.366 e. The fourth-order valence-corrected chi connectivity index (χ4v) is 2.44. The Hall–Kier alpha value is -4.06. The van der Waals surface area contributed by atoms with E-state index < -0.39 is 9.85 Å². The Bertz CT molecular complexity index is 1060. The van der Waals surface area contributed by atoms with E-state index in [2.05, 4.69) is 10.3 Å². The first-order chi connectivity index (χ1) is 12.5. The molecule has 3 rings (SSSR count). The third-order valence-electron chi connectivity index (χ3n) is 3.74. The molecular formula is C17H11N5O4. The number of hydrogen-bond donors (Lipinski definition) is 1. The highest BCUT2D eigenvalue weighted by Crippen LogP contribution is 2.25. The first-order valence-electron chi connectivity index (χ1n) is 7.44. The molecule has 1 heterocycles. The molecule has 2 aromatic carbocycles. The van der Waals surface area contributed by atoms with E-state index in [-0.39, 0.29) is 16.9 Å². The van der Waals surface area contributed by atoms with E-state index in [4.69, 9.17) is 0 Å². The quantitative estimate of drug-likeness (QED) is 0.549. The second-order valence-corrected chi connectivity index (χ2v) is 5.40. The minimum atomic E-state index is -0.526. The van der Waals surface area contributed by atoms with Crippen LogP contribution in [-0.4, -0.2) is 14.8 Å². The number of aromatic nitrogens is 1. The lowest BCUT2D eigenvalue weighted by molar-refractivity contribution is -0.385. The SMILES string of the molecule is N#Cc1cc(NCc2ccc([N+](=O)[O-])cc2)nc2ccc([N+](=O)[O-])cc12. The highest BCUT2D eigenvalue weighted by atomic mass is 16.6. The summed E-state index contributed by atoms with van der Waals surface area (Å²) in [5.41, 5.74) is 1.43. The molecule has 0 saturated carbocycles. The normalized spacial score (nSPS) is 10.3. The van der Waals surface area contributed by atoms with Crippen molar-refractivity contribution in [3.8, 4) is 6.07 Å². The predicted molar refractivity (Wildman–Crippen MR) is 93.5 cm³/mol. The number of anilines is 1. The summed E-state index contributed by atoms with van der Waals surface area (Å²) in [6, 6.07) is 13.7. The van der Waals surface area contributed by atoms with Gasteiger partial charge in [-0.1, -0.05) is 12.1 Å². The number of pyridine rings is 1. The number of non-ortho nitro benzene ring substituents is 2. The van der Waals surface area contributed by atoms with Crippen molar-refractivity contribution in [3.63, 3.8) is 0 Å². The van der Waals surface area contributed by atoms with Crippen molar-refractivity contribution >= 4 is 28.1 Å². The molecule has 0 aliphatic carbocycles. The molecule has 1 N–H and O–H groups in total. The number of nitro groups is 2. The van der Waals surface area contributed by atoms with Crippen molar-refractivity contribution in [3.05, 3.63) is 79.9 Å². The van der Waals surface area contributed by atoms with Gasteiger partial charge in [-0.05, 0) is 17.7 Å². The van der Waals surface area contributed by atoms with Gasteiger partial charge in [-0.15, -0.1) is 0 Å². The number of rotatable bonds is 5. The molecule has 9 heteroatoms. The van der Waals surface area contributed by atoms with E-state index >= 15 is 0 Å². The standard InChI is InChI=1S/C17H11N5O4/c18-9-12-7-17(19-10-11-1-3-13(4-2-11)21(23)24)20-16-6-5-14(22(25)26)8-15(12)16/h1-8H,10H2,(H,19,20). The molecule has 0 radical (unpaired) electrons. The molecule has 0 atom stereocenters. The number of nitrogens with one attached hydrogen (secondary N) is 1. The highest BCUT2D eigenvalue weighted by molar-refractivity contribution is 5.88. The largest absolute Gasteiger partial charge is 0.366 e. The zero-order valence-electron chi connectivity index (χ0n) is 13.2. The molecule has 1 aromatic heterocycles. The summed E-state index contributed by atoms with van der Waals surface area (Å²) < 4.78 is 0. The lowest BCUT2D eigenvalue weighted by Gasteiger charge is -2.08. The number of nitriles is 1. The fraction of sp³-hybridized carbons (Fsp3) is 0.0588. The molecule has 0 aliphatic rings. The van der Waals surface area contributed by atoms with Gasteiger partial charge in [0.2, 0.25) is 0 Å². The second-order valence-electron chi connectivity index (χ2n) is 5.40. The van der Waals surface area contributed by atoms with Crippen LogP contribution in [0.25, 0.3) is 10.9 Å². The Balaban J connectivity index is 1.86. The van der Waals surface area contributed by atoms with Crippen molar-refractivity contribution in [2.45, 2.75) is 6.54 Å². The van der Waals surface area contributed by atoms with Crippen molar-refractivity contribution in [1.82, 2.24) is 4.98 Å². The molecule has 0 saturated heterocycles. The van der Waals surface area contributed by atoms with E-state index in [9.17, 15) is 25.5 Å². The van der Waals surface area contributed by atoms with Crippen molar-refractivity contribution in [2.75, 3.05) is 5.32 Å². The van der Waals surface area contributed by atoms with Crippen LogP contribution in [0.2, 0.25) is 0 Å². The number of benzene rings is 2. The maximum atomic E-state index is 10.9. The van der Waals surface area contributed by atoms with Crippen LogP contribution in [0.15, 0.2) is 48.5 Å². The number of fused-ring (bicyclic) bond motifs is 1. The van der Waals surface area contributed by atoms with Crippen LogP contribution in [-0.2, 0) is 6.54 Å². The molecule has 0 fully saturated rings. The summed E-state index contributed by atoms with van der Waals surface area (Å²) in [6.07, 6.45) is 0. The summed E-state index contributed by atoms with van der Waals surface area (Å²) in [5.74, 6) is 0.432. The smallest absolute Gasteiger partial charge is 0.270 e. The second kappa shape index (κ2) is 6.82. The van der Waals surface area contributed by atoms with Gasteiger partial charge in [0.15, 0.2) is 0 Å². The Morgan fingerprint density at radius 1 is 1.00 bits per heavy atom. The molecular weight excluding hydrogens is 338 g/mol. The van der Waals surface area contributed by atoms with Crippen LogP contribution < -0.4 is 5.32 Å². The molecule has 0 unspecified atom stereocenters. The monoisotopic (exact) mass is 349 g/mol. The van der Waals surface area contributed by atoms with Gasteiger partial charge < -0.3 is 5.32 Å². The van der Waals surface area contributed by atoms with Crippen molar-refractivity contribution in [2.24, 2.45) is 0 Å². The van der Waals surface area contributed by atoms with Crippen LogP contribution in [0, 0.1) is 31.6 Å². The van der Waals surface area contributed by atoms with Gasteiger partial charge >= 0.3 is 0 Å². The summed E-state index contributed by atoms with van der Waals surface area (Å²) in [5, 5.41) is 34.3. The molecule has 26 heavy (non-hydrogen) atoms. The topological polar surface area (TPSA) is 135 Å². The molecule has 0 bridgehead atoms. The van der Waals surface area contributed by atoms with E-state index in [0.717, 1.165) is 5.56 Å². The van der Waals surface area contributed by atoms with Gasteiger partial charge in [0.1, 0.15) is 5.82 Å². The molecule has 3 aromatic rings. The van der Waals surface area contributed by atoms with Crippen molar-refractivity contribution in [1.29, 1.82) is 5.26 Å². The maximum Gasteiger partial charge on any atom is 0.270 e. The average Bonchev–Trinajstić information content (AvgIpc) is 2.65. The van der Waals surface area contributed by atoms with E-state index in [1.807, 2.05) is 6.07 Å². The van der Waals surface area contributed by atoms with Crippen LogP contribution in [0.1, 0.15) is 11.1 Å². The molecule has 0 spiro atoms. The van der Waals surface area contributed by atoms with Gasteiger partial charge in [-0.2, -0.15) is 5.26 Å².